The molecule has 0 saturated heterocycles. The number of halogens is 1. The third-order valence-electron chi connectivity index (χ3n) is 4.01. The minimum Gasteiger partial charge on any atom is -0.349 e. The minimum atomic E-state index is -0.557. The van der Waals surface area contributed by atoms with Crippen LogP contribution < -0.4 is 5.32 Å². The van der Waals surface area contributed by atoms with Gasteiger partial charge in [0.15, 0.2) is 0 Å². The lowest BCUT2D eigenvalue weighted by Crippen LogP contribution is -2.34. The van der Waals surface area contributed by atoms with Crippen molar-refractivity contribution in [3.05, 3.63) is 53.7 Å². The second-order valence-electron chi connectivity index (χ2n) is 5.38. The van der Waals surface area contributed by atoms with Gasteiger partial charge in [-0.15, -0.1) is 0 Å². The molecule has 0 saturated carbocycles. The first-order chi connectivity index (χ1) is 11.2. The molecule has 1 aliphatic heterocycles. The topological polar surface area (TPSA) is 70.7 Å². The first kappa shape index (κ1) is 13.5. The van der Waals surface area contributed by atoms with Gasteiger partial charge in [0.05, 0.1) is 17.1 Å². The summed E-state index contributed by atoms with van der Waals surface area (Å²) in [5, 5.41) is 12.9. The number of fused-ring (bicyclic) bond motifs is 3. The number of nitrogens with one attached hydrogen (secondary N) is 1. The fourth-order valence-electron chi connectivity index (χ4n) is 3.03. The predicted molar refractivity (Wildman–Crippen MR) is 82.2 cm³/mol. The molecule has 0 radical (unpaired) electrons. The van der Waals surface area contributed by atoms with Crippen LogP contribution in [-0.2, 0) is 6.54 Å². The Labute approximate surface area is 131 Å². The van der Waals surface area contributed by atoms with Crippen molar-refractivity contribution in [1.29, 1.82) is 5.26 Å². The molecule has 3 aromatic rings. The zero-order valence-electron chi connectivity index (χ0n) is 12.0. The maximum absolute atomic E-state index is 13.1. The Morgan fingerprint density at radius 3 is 2.91 bits per heavy atom. The highest BCUT2D eigenvalue weighted by Gasteiger charge is 2.22. The Bertz CT molecular complexity index is 982. The molecule has 0 aliphatic carbocycles. The molecule has 1 amide bonds. The zero-order chi connectivity index (χ0) is 16.0. The molecule has 1 N–H and O–H groups in total. The van der Waals surface area contributed by atoms with Gasteiger partial charge in [-0.05, 0) is 30.3 Å². The lowest BCUT2D eigenvalue weighted by atomic mass is 10.0. The van der Waals surface area contributed by atoms with Crippen LogP contribution in [0.2, 0.25) is 0 Å². The summed E-state index contributed by atoms with van der Waals surface area (Å²) in [6.45, 7) is 1.20. The summed E-state index contributed by atoms with van der Waals surface area (Å²) in [7, 11) is 0. The molecule has 112 valence electrons. The lowest BCUT2D eigenvalue weighted by Gasteiger charge is -2.18. The number of nitriles is 1. The second kappa shape index (κ2) is 4.92. The summed E-state index contributed by atoms with van der Waals surface area (Å²) in [4.78, 5) is 15.7. The van der Waals surface area contributed by atoms with E-state index in [4.69, 9.17) is 0 Å². The van der Waals surface area contributed by atoms with Crippen LogP contribution in [0.4, 0.5) is 4.39 Å². The zero-order valence-corrected chi connectivity index (χ0v) is 12.0. The fourth-order valence-corrected chi connectivity index (χ4v) is 3.03. The van der Waals surface area contributed by atoms with Crippen molar-refractivity contribution < 1.29 is 9.18 Å². The molecule has 0 fully saturated rings. The molecule has 0 unspecified atom stereocenters. The van der Waals surface area contributed by atoms with Crippen molar-refractivity contribution in [3.63, 3.8) is 0 Å². The average molecular weight is 306 g/mol. The summed E-state index contributed by atoms with van der Waals surface area (Å²) >= 11 is 0. The number of pyridine rings is 1. The predicted octanol–water partition coefficient (Wildman–Crippen LogP) is 2.46. The molecule has 2 aromatic heterocycles. The molecule has 1 aliphatic rings. The van der Waals surface area contributed by atoms with Crippen molar-refractivity contribution in [2.45, 2.75) is 6.54 Å². The Morgan fingerprint density at radius 2 is 2.17 bits per heavy atom. The highest BCUT2D eigenvalue weighted by molar-refractivity contribution is 6.04. The van der Waals surface area contributed by atoms with E-state index in [-0.39, 0.29) is 5.91 Å². The van der Waals surface area contributed by atoms with Crippen molar-refractivity contribution in [3.8, 4) is 17.2 Å². The van der Waals surface area contributed by atoms with Gasteiger partial charge in [-0.1, -0.05) is 0 Å². The molecule has 0 bridgehead atoms. The number of hydrogen-bond acceptors (Lipinski definition) is 3. The summed E-state index contributed by atoms with van der Waals surface area (Å²) in [6.07, 6.45) is 1.44. The first-order valence-electron chi connectivity index (χ1n) is 7.15. The molecular weight excluding hydrogens is 295 g/mol. The molecule has 0 atom stereocenters. The fraction of sp³-hybridized carbons (Fsp3) is 0.118. The van der Waals surface area contributed by atoms with E-state index in [0.717, 1.165) is 16.5 Å². The summed E-state index contributed by atoms with van der Waals surface area (Å²) in [6, 6.07) is 10.3. The van der Waals surface area contributed by atoms with Crippen LogP contribution in [-0.4, -0.2) is 22.0 Å². The number of carbonyl (C=O) groups excluding carboxylic acids is 1. The van der Waals surface area contributed by atoms with Gasteiger partial charge in [-0.3, -0.25) is 4.79 Å². The normalized spacial score (nSPS) is 13.5. The maximum atomic E-state index is 13.1. The monoisotopic (exact) mass is 306 g/mol. The van der Waals surface area contributed by atoms with Crippen LogP contribution >= 0.6 is 0 Å². The summed E-state index contributed by atoms with van der Waals surface area (Å²) in [5.41, 5.74) is 3.40. The Balaban J connectivity index is 2.07. The van der Waals surface area contributed by atoms with E-state index >= 15 is 0 Å². The Morgan fingerprint density at radius 1 is 1.30 bits per heavy atom. The number of nitrogens with zero attached hydrogens (tertiary/aromatic N) is 3. The van der Waals surface area contributed by atoms with Gasteiger partial charge in [-0.2, -0.15) is 9.65 Å². The van der Waals surface area contributed by atoms with E-state index < -0.39 is 5.95 Å². The first-order valence-corrected chi connectivity index (χ1v) is 7.15. The Hall–Kier alpha value is -3.20. The smallest absolute Gasteiger partial charge is 0.268 e. The van der Waals surface area contributed by atoms with Gasteiger partial charge < -0.3 is 9.88 Å². The molecular formula is C17H11FN4O. The molecule has 0 spiro atoms. The number of hydrogen-bond donors (Lipinski definition) is 1. The van der Waals surface area contributed by atoms with Gasteiger partial charge in [0, 0.05) is 35.8 Å². The van der Waals surface area contributed by atoms with Crippen molar-refractivity contribution in [1.82, 2.24) is 14.9 Å². The van der Waals surface area contributed by atoms with Crippen LogP contribution in [0.3, 0.4) is 0 Å². The highest BCUT2D eigenvalue weighted by Crippen LogP contribution is 2.33. The van der Waals surface area contributed by atoms with Gasteiger partial charge in [-0.25, -0.2) is 4.98 Å². The van der Waals surface area contributed by atoms with E-state index in [1.807, 2.05) is 4.57 Å². The lowest BCUT2D eigenvalue weighted by molar-refractivity contribution is 0.0929. The molecule has 5 nitrogen and oxygen atoms in total. The SMILES string of the molecule is N#Cc1cc(-c2ccc(F)nc2)c2c(c1)cc1n2CCNC1=O. The van der Waals surface area contributed by atoms with Crippen LogP contribution in [0.15, 0.2) is 36.5 Å². The van der Waals surface area contributed by atoms with E-state index in [1.165, 1.54) is 12.3 Å². The number of amides is 1. The minimum absolute atomic E-state index is 0.130. The summed E-state index contributed by atoms with van der Waals surface area (Å²) in [5.74, 6) is -0.688. The quantitative estimate of drug-likeness (QED) is 0.702. The summed E-state index contributed by atoms with van der Waals surface area (Å²) < 4.78 is 15.0. The van der Waals surface area contributed by atoms with Crippen molar-refractivity contribution in [2.75, 3.05) is 6.54 Å². The van der Waals surface area contributed by atoms with Gasteiger partial charge in [0.1, 0.15) is 5.69 Å². The van der Waals surface area contributed by atoms with E-state index in [1.54, 1.807) is 24.3 Å². The van der Waals surface area contributed by atoms with E-state index in [2.05, 4.69) is 16.4 Å². The van der Waals surface area contributed by atoms with Crippen LogP contribution in [0.5, 0.6) is 0 Å². The number of rotatable bonds is 1. The molecule has 23 heavy (non-hydrogen) atoms. The Kier molecular flexibility index (Phi) is 2.88. The molecule has 3 heterocycles. The van der Waals surface area contributed by atoms with Gasteiger partial charge in [0.2, 0.25) is 5.95 Å². The number of benzene rings is 1. The second-order valence-corrected chi connectivity index (χ2v) is 5.38. The molecule has 4 rings (SSSR count). The molecule has 1 aromatic carbocycles. The largest absolute Gasteiger partial charge is 0.349 e. The van der Waals surface area contributed by atoms with Crippen LogP contribution in [0.1, 0.15) is 16.1 Å². The molecule has 6 heteroatoms. The maximum Gasteiger partial charge on any atom is 0.268 e. The highest BCUT2D eigenvalue weighted by atomic mass is 19.1. The van der Waals surface area contributed by atoms with E-state index in [9.17, 15) is 14.4 Å². The number of carbonyl (C=O) groups is 1. The van der Waals surface area contributed by atoms with Gasteiger partial charge >= 0.3 is 0 Å². The van der Waals surface area contributed by atoms with Gasteiger partial charge in [0.25, 0.3) is 5.91 Å². The average Bonchev–Trinajstić information content (AvgIpc) is 2.95. The standard InChI is InChI=1S/C17H11FN4O/c18-15-2-1-11(9-21-15)13-6-10(8-19)5-12-7-14-17(23)20-3-4-22(14)16(12)13/h1-2,5-7,9H,3-4H2,(H,20,23). The van der Waals surface area contributed by atoms with Crippen LogP contribution in [0, 0.1) is 17.3 Å². The van der Waals surface area contributed by atoms with E-state index in [0.29, 0.717) is 29.9 Å². The van der Waals surface area contributed by atoms with Crippen molar-refractivity contribution >= 4 is 16.8 Å². The van der Waals surface area contributed by atoms with Crippen LogP contribution in [0.25, 0.3) is 22.0 Å². The van der Waals surface area contributed by atoms with Crippen molar-refractivity contribution in [2.24, 2.45) is 0 Å². The number of aromatic nitrogens is 2. The third kappa shape index (κ3) is 2.06. The third-order valence-corrected chi connectivity index (χ3v) is 4.01.